The van der Waals surface area contributed by atoms with E-state index in [4.69, 9.17) is 9.84 Å². The van der Waals surface area contributed by atoms with Crippen molar-refractivity contribution in [1.82, 2.24) is 19.8 Å². The Hall–Kier alpha value is -3.54. The third kappa shape index (κ3) is 3.56. The summed E-state index contributed by atoms with van der Waals surface area (Å²) in [7, 11) is 1.69. The van der Waals surface area contributed by atoms with Crippen LogP contribution in [0.1, 0.15) is 18.7 Å². The maximum absolute atomic E-state index is 5.34. The first kappa shape index (κ1) is 18.5. The number of aliphatic imine (C=N–C) groups is 1. The van der Waals surface area contributed by atoms with E-state index < -0.39 is 0 Å². The van der Waals surface area contributed by atoms with Crippen LogP contribution in [-0.2, 0) is 11.2 Å². The van der Waals surface area contributed by atoms with Gasteiger partial charge in [0.25, 0.3) is 0 Å². The minimum absolute atomic E-state index is 0.133. The molecular formula is C24H23N5O. The lowest BCUT2D eigenvalue weighted by atomic mass is 9.83. The minimum Gasteiger partial charge on any atom is -0.497 e. The summed E-state index contributed by atoms with van der Waals surface area (Å²) in [6, 6.07) is 14.3. The number of dihydropyridines is 1. The second-order valence-corrected chi connectivity index (χ2v) is 7.51. The number of methoxy groups -OCH3 is 1. The molecule has 2 atom stereocenters. The van der Waals surface area contributed by atoms with Gasteiger partial charge in [-0.1, -0.05) is 42.0 Å². The molecule has 5 rings (SSSR count). The maximum atomic E-state index is 5.34. The van der Waals surface area contributed by atoms with Gasteiger partial charge < -0.3 is 4.74 Å². The molecule has 2 unspecified atom stereocenters. The first-order valence-electron chi connectivity index (χ1n) is 10.2. The lowest BCUT2D eigenvalue weighted by Crippen LogP contribution is -2.23. The van der Waals surface area contributed by atoms with Gasteiger partial charge in [0.15, 0.2) is 11.5 Å². The zero-order valence-electron chi connectivity index (χ0n) is 16.8. The van der Waals surface area contributed by atoms with Crippen molar-refractivity contribution in [1.29, 1.82) is 0 Å². The molecule has 3 aromatic rings. The molecule has 150 valence electrons. The molecule has 1 aromatic carbocycles. The van der Waals surface area contributed by atoms with E-state index in [2.05, 4.69) is 45.6 Å². The quantitative estimate of drug-likeness (QED) is 0.625. The number of fused-ring (bicyclic) bond motifs is 2. The maximum Gasteiger partial charge on any atom is 0.177 e. The zero-order chi connectivity index (χ0) is 20.3. The fourth-order valence-electron chi connectivity index (χ4n) is 4.06. The van der Waals surface area contributed by atoms with Crippen LogP contribution in [0.5, 0.6) is 0 Å². The van der Waals surface area contributed by atoms with Crippen molar-refractivity contribution in [3.05, 3.63) is 83.9 Å². The van der Waals surface area contributed by atoms with Crippen molar-refractivity contribution in [3.8, 4) is 11.3 Å². The van der Waals surface area contributed by atoms with Gasteiger partial charge in [0.2, 0.25) is 0 Å². The van der Waals surface area contributed by atoms with E-state index in [0.29, 0.717) is 5.92 Å². The third-order valence-electron chi connectivity index (χ3n) is 5.64. The van der Waals surface area contributed by atoms with Crippen molar-refractivity contribution in [2.75, 3.05) is 7.11 Å². The number of ether oxygens (including phenoxy) is 1. The number of aromatic nitrogens is 4. The minimum atomic E-state index is 0.133. The van der Waals surface area contributed by atoms with E-state index >= 15 is 0 Å². The molecule has 30 heavy (non-hydrogen) atoms. The van der Waals surface area contributed by atoms with Crippen molar-refractivity contribution in [3.63, 3.8) is 0 Å². The molecule has 1 aliphatic heterocycles. The molecule has 0 saturated carbocycles. The highest BCUT2D eigenvalue weighted by Gasteiger charge is 2.25. The van der Waals surface area contributed by atoms with E-state index in [1.54, 1.807) is 7.11 Å². The Labute approximate surface area is 175 Å². The molecule has 1 aliphatic carbocycles. The molecule has 6 heteroatoms. The summed E-state index contributed by atoms with van der Waals surface area (Å²) in [4.78, 5) is 4.59. The number of aryl methyl sites for hydroxylation is 1. The molecule has 6 nitrogen and oxygen atoms in total. The van der Waals surface area contributed by atoms with Gasteiger partial charge in [-0.15, -0.1) is 10.2 Å². The predicted octanol–water partition coefficient (Wildman–Crippen LogP) is 4.21. The third-order valence-corrected chi connectivity index (χ3v) is 5.64. The Balaban J connectivity index is 1.29. The average molecular weight is 397 g/mol. The number of hydrogen-bond acceptors (Lipinski definition) is 5. The number of benzene rings is 1. The SMILES string of the molecule is COC1=CC2N=CC=C(CCCc3nnc4ccc(-c5ccccc5)nn34)C2C=C1. The second kappa shape index (κ2) is 8.06. The molecule has 2 aromatic heterocycles. The Morgan fingerprint density at radius 3 is 2.80 bits per heavy atom. The van der Waals surface area contributed by atoms with Gasteiger partial charge in [-0.05, 0) is 43.2 Å². The van der Waals surface area contributed by atoms with E-state index in [-0.39, 0.29) is 6.04 Å². The summed E-state index contributed by atoms with van der Waals surface area (Å²) in [5.74, 6) is 2.09. The summed E-state index contributed by atoms with van der Waals surface area (Å²) >= 11 is 0. The summed E-state index contributed by atoms with van der Waals surface area (Å²) < 4.78 is 7.21. The average Bonchev–Trinajstić information content (AvgIpc) is 3.21. The summed E-state index contributed by atoms with van der Waals surface area (Å²) in [6.45, 7) is 0. The Morgan fingerprint density at radius 1 is 1.03 bits per heavy atom. The zero-order valence-corrected chi connectivity index (χ0v) is 16.8. The fraction of sp³-hybridized carbons (Fsp3) is 0.250. The molecule has 0 amide bonds. The van der Waals surface area contributed by atoms with Gasteiger partial charge >= 0.3 is 0 Å². The second-order valence-electron chi connectivity index (χ2n) is 7.51. The molecule has 2 aliphatic rings. The van der Waals surface area contributed by atoms with Crippen LogP contribution in [0.15, 0.2) is 83.1 Å². The lowest BCUT2D eigenvalue weighted by Gasteiger charge is -2.27. The van der Waals surface area contributed by atoms with Gasteiger partial charge in [-0.2, -0.15) is 9.61 Å². The highest BCUT2D eigenvalue weighted by atomic mass is 16.5. The normalized spacial score (nSPS) is 20.0. The van der Waals surface area contributed by atoms with Gasteiger partial charge in [0, 0.05) is 24.1 Å². The summed E-state index contributed by atoms with van der Waals surface area (Å²) in [5.41, 5.74) is 4.18. The molecule has 0 spiro atoms. The molecule has 0 N–H and O–H groups in total. The van der Waals surface area contributed by atoms with Gasteiger partial charge in [-0.3, -0.25) is 4.99 Å². The first-order valence-corrected chi connectivity index (χ1v) is 10.2. The van der Waals surface area contributed by atoms with Crippen molar-refractivity contribution in [2.45, 2.75) is 25.3 Å². The number of allylic oxidation sites excluding steroid dienone is 2. The van der Waals surface area contributed by atoms with Crippen LogP contribution < -0.4 is 0 Å². The Bertz CT molecular complexity index is 1170. The van der Waals surface area contributed by atoms with Gasteiger partial charge in [0.05, 0.1) is 18.8 Å². The highest BCUT2D eigenvalue weighted by Crippen LogP contribution is 2.31. The molecule has 0 saturated heterocycles. The van der Waals surface area contributed by atoms with Crippen molar-refractivity contribution in [2.24, 2.45) is 10.9 Å². The van der Waals surface area contributed by atoms with Crippen LogP contribution in [0.2, 0.25) is 0 Å². The van der Waals surface area contributed by atoms with E-state index in [9.17, 15) is 0 Å². The van der Waals surface area contributed by atoms with E-state index in [1.165, 1.54) is 5.57 Å². The van der Waals surface area contributed by atoms with Crippen LogP contribution in [0.3, 0.4) is 0 Å². The first-order chi connectivity index (χ1) is 14.8. The van der Waals surface area contributed by atoms with Crippen LogP contribution in [0, 0.1) is 5.92 Å². The smallest absolute Gasteiger partial charge is 0.177 e. The number of nitrogens with zero attached hydrogens (tertiary/aromatic N) is 5. The standard InChI is InChI=1S/C24H23N5O/c1-30-19-10-11-20-17(14-15-25-22(20)16-19)8-5-9-23-26-27-24-13-12-21(28-29(23)24)18-6-3-2-4-7-18/h2-4,6-7,10-16,20,22H,5,8-9H2,1H3. The summed E-state index contributed by atoms with van der Waals surface area (Å²) in [5, 5.41) is 13.4. The van der Waals surface area contributed by atoms with Crippen molar-refractivity contribution >= 4 is 11.9 Å². The van der Waals surface area contributed by atoms with Crippen LogP contribution in [0.4, 0.5) is 0 Å². The lowest BCUT2D eigenvalue weighted by molar-refractivity contribution is 0.300. The van der Waals surface area contributed by atoms with Crippen LogP contribution >= 0.6 is 0 Å². The van der Waals surface area contributed by atoms with Gasteiger partial charge in [0.1, 0.15) is 5.76 Å². The molecule has 3 heterocycles. The predicted molar refractivity (Wildman–Crippen MR) is 117 cm³/mol. The number of rotatable bonds is 6. The Kier molecular flexibility index (Phi) is 4.97. The topological polar surface area (TPSA) is 64.7 Å². The van der Waals surface area contributed by atoms with Gasteiger partial charge in [-0.25, -0.2) is 0 Å². The highest BCUT2D eigenvalue weighted by molar-refractivity contribution is 5.74. The monoisotopic (exact) mass is 397 g/mol. The molecule has 0 fully saturated rings. The summed E-state index contributed by atoms with van der Waals surface area (Å²) in [6.07, 6.45) is 13.2. The van der Waals surface area contributed by atoms with Crippen molar-refractivity contribution < 1.29 is 4.74 Å². The fourth-order valence-corrected chi connectivity index (χ4v) is 4.06. The number of hydrogen-bond donors (Lipinski definition) is 0. The van der Waals surface area contributed by atoms with Crippen LogP contribution in [0.25, 0.3) is 16.9 Å². The largest absolute Gasteiger partial charge is 0.497 e. The van der Waals surface area contributed by atoms with E-state index in [1.807, 2.05) is 47.1 Å². The van der Waals surface area contributed by atoms with E-state index in [0.717, 1.165) is 47.8 Å². The molecule has 0 bridgehead atoms. The molecular weight excluding hydrogens is 374 g/mol. The van der Waals surface area contributed by atoms with Crippen LogP contribution in [-0.4, -0.2) is 39.2 Å². The molecule has 0 radical (unpaired) electrons. The Morgan fingerprint density at radius 2 is 1.93 bits per heavy atom.